The molecule has 5 heteroatoms. The maximum Gasteiger partial charge on any atom is 0.253 e. The number of hydrogen-bond acceptors (Lipinski definition) is 3. The Morgan fingerprint density at radius 2 is 2.04 bits per heavy atom. The Balaban J connectivity index is 1.39. The molecular formula is C20H21N3O2. The van der Waals surface area contributed by atoms with Crippen molar-refractivity contribution in [3.8, 4) is 0 Å². The summed E-state index contributed by atoms with van der Waals surface area (Å²) in [5.41, 5.74) is 2.55. The Bertz CT molecular complexity index is 803. The number of carbonyl (C=O) groups is 2. The first-order valence-electron chi connectivity index (χ1n) is 8.64. The number of benzene rings is 1. The third-order valence-electron chi connectivity index (χ3n) is 5.41. The van der Waals surface area contributed by atoms with E-state index in [0.717, 1.165) is 36.2 Å². The molecule has 2 amide bonds. The molecule has 5 nitrogen and oxygen atoms in total. The van der Waals surface area contributed by atoms with Crippen molar-refractivity contribution in [3.05, 3.63) is 59.9 Å². The molecule has 1 spiro atoms. The minimum absolute atomic E-state index is 0.0106. The van der Waals surface area contributed by atoms with Crippen LogP contribution in [-0.2, 0) is 4.79 Å². The highest BCUT2D eigenvalue weighted by molar-refractivity contribution is 5.96. The Morgan fingerprint density at radius 3 is 2.76 bits per heavy atom. The highest BCUT2D eigenvalue weighted by Crippen LogP contribution is 2.58. The zero-order valence-corrected chi connectivity index (χ0v) is 14.2. The van der Waals surface area contributed by atoms with Crippen molar-refractivity contribution in [2.24, 2.45) is 11.3 Å². The monoisotopic (exact) mass is 335 g/mol. The molecule has 2 aliphatic rings. The fraction of sp³-hybridized carbons (Fsp3) is 0.350. The van der Waals surface area contributed by atoms with Gasteiger partial charge in [-0.25, -0.2) is 0 Å². The summed E-state index contributed by atoms with van der Waals surface area (Å²) < 4.78 is 0. The van der Waals surface area contributed by atoms with Crippen LogP contribution >= 0.6 is 0 Å². The molecule has 2 aromatic rings. The molecule has 1 N–H and O–H groups in total. The summed E-state index contributed by atoms with van der Waals surface area (Å²) in [5.74, 6) is 0.0938. The van der Waals surface area contributed by atoms with E-state index in [4.69, 9.17) is 0 Å². The molecule has 1 aromatic heterocycles. The molecule has 1 saturated carbocycles. The number of rotatable bonds is 3. The van der Waals surface area contributed by atoms with Crippen LogP contribution in [0.5, 0.6) is 0 Å². The second kappa shape index (κ2) is 5.99. The first-order valence-corrected chi connectivity index (χ1v) is 8.64. The number of anilines is 1. The highest BCUT2D eigenvalue weighted by Gasteiger charge is 2.61. The van der Waals surface area contributed by atoms with Gasteiger partial charge in [-0.15, -0.1) is 0 Å². The summed E-state index contributed by atoms with van der Waals surface area (Å²) >= 11 is 0. The first kappa shape index (κ1) is 15.8. The van der Waals surface area contributed by atoms with Gasteiger partial charge in [-0.1, -0.05) is 17.7 Å². The zero-order chi connectivity index (χ0) is 17.4. The average molecular weight is 335 g/mol. The predicted octanol–water partition coefficient (Wildman–Crippen LogP) is 2.88. The topological polar surface area (TPSA) is 62.3 Å². The Hall–Kier alpha value is -2.69. The van der Waals surface area contributed by atoms with Gasteiger partial charge in [0.25, 0.3) is 5.91 Å². The Kier molecular flexibility index (Phi) is 3.79. The van der Waals surface area contributed by atoms with Crippen molar-refractivity contribution in [3.63, 3.8) is 0 Å². The lowest BCUT2D eigenvalue weighted by molar-refractivity contribution is -0.118. The summed E-state index contributed by atoms with van der Waals surface area (Å²) in [6.07, 6.45) is 5.08. The van der Waals surface area contributed by atoms with E-state index in [-0.39, 0.29) is 23.1 Å². The molecular weight excluding hydrogens is 314 g/mol. The molecule has 25 heavy (non-hydrogen) atoms. The number of carbonyl (C=O) groups excluding carboxylic acids is 2. The number of aromatic nitrogens is 1. The van der Waals surface area contributed by atoms with Crippen LogP contribution in [0.15, 0.2) is 48.8 Å². The molecule has 0 radical (unpaired) electrons. The molecule has 1 aromatic carbocycles. The Morgan fingerprint density at radius 1 is 1.24 bits per heavy atom. The number of hydrogen-bond donors (Lipinski definition) is 1. The van der Waals surface area contributed by atoms with Crippen molar-refractivity contribution >= 4 is 17.5 Å². The molecule has 1 aliphatic carbocycles. The van der Waals surface area contributed by atoms with Crippen LogP contribution in [0.4, 0.5) is 5.69 Å². The van der Waals surface area contributed by atoms with Gasteiger partial charge in [0.15, 0.2) is 0 Å². The van der Waals surface area contributed by atoms with Gasteiger partial charge in [-0.2, -0.15) is 0 Å². The van der Waals surface area contributed by atoms with Gasteiger partial charge < -0.3 is 10.2 Å². The van der Waals surface area contributed by atoms with E-state index in [2.05, 4.69) is 10.3 Å². The molecule has 0 unspecified atom stereocenters. The summed E-state index contributed by atoms with van der Waals surface area (Å²) in [4.78, 5) is 31.0. The van der Waals surface area contributed by atoms with E-state index in [1.54, 1.807) is 18.5 Å². The molecule has 1 saturated heterocycles. The van der Waals surface area contributed by atoms with Crippen LogP contribution in [0.1, 0.15) is 28.8 Å². The molecule has 2 fully saturated rings. The van der Waals surface area contributed by atoms with E-state index in [0.29, 0.717) is 6.54 Å². The van der Waals surface area contributed by atoms with Crippen LogP contribution in [0.2, 0.25) is 0 Å². The van der Waals surface area contributed by atoms with Gasteiger partial charge in [0.05, 0.1) is 11.9 Å². The van der Waals surface area contributed by atoms with Crippen LogP contribution < -0.4 is 5.32 Å². The van der Waals surface area contributed by atoms with Crippen molar-refractivity contribution < 1.29 is 9.59 Å². The number of likely N-dealkylation sites (tertiary alicyclic amines) is 1. The van der Waals surface area contributed by atoms with Crippen LogP contribution in [0.25, 0.3) is 0 Å². The van der Waals surface area contributed by atoms with Gasteiger partial charge in [-0.3, -0.25) is 14.6 Å². The fourth-order valence-electron chi connectivity index (χ4n) is 3.78. The smallest absolute Gasteiger partial charge is 0.253 e. The third-order valence-corrected chi connectivity index (χ3v) is 5.41. The van der Waals surface area contributed by atoms with Crippen LogP contribution in [0.3, 0.4) is 0 Å². The number of nitrogens with one attached hydrogen (secondary N) is 1. The van der Waals surface area contributed by atoms with Gasteiger partial charge in [-0.05, 0) is 44.0 Å². The zero-order valence-electron chi connectivity index (χ0n) is 14.2. The standard InChI is InChI=1S/C20H21N3O2/c1-14-4-6-15(7-5-14)19(25)23-10-8-20(13-23)11-17(20)18(24)22-16-3-2-9-21-12-16/h2-7,9,12,17H,8,10-11,13H2,1H3,(H,22,24)/t17-,20+/m0/s1. The molecule has 2 heterocycles. The SMILES string of the molecule is Cc1ccc(C(=O)N2CC[C@@]3(C[C@H]3C(=O)Nc3cccnc3)C2)cc1. The molecule has 4 rings (SSSR count). The number of nitrogens with zero attached hydrogens (tertiary/aromatic N) is 2. The summed E-state index contributed by atoms with van der Waals surface area (Å²) in [6, 6.07) is 11.3. The summed E-state index contributed by atoms with van der Waals surface area (Å²) in [5, 5.41) is 2.93. The lowest BCUT2D eigenvalue weighted by Gasteiger charge is -2.17. The maximum atomic E-state index is 12.7. The fourth-order valence-corrected chi connectivity index (χ4v) is 3.78. The minimum atomic E-state index is -0.0351. The van der Waals surface area contributed by atoms with Crippen molar-refractivity contribution in [1.29, 1.82) is 0 Å². The van der Waals surface area contributed by atoms with Crippen LogP contribution in [0, 0.1) is 18.3 Å². The van der Waals surface area contributed by atoms with E-state index < -0.39 is 0 Å². The van der Waals surface area contributed by atoms with Crippen molar-refractivity contribution in [1.82, 2.24) is 9.88 Å². The summed E-state index contributed by atoms with van der Waals surface area (Å²) in [6.45, 7) is 3.41. The molecule has 128 valence electrons. The van der Waals surface area contributed by atoms with Gasteiger partial charge in [0.2, 0.25) is 5.91 Å². The van der Waals surface area contributed by atoms with Gasteiger partial charge in [0.1, 0.15) is 0 Å². The minimum Gasteiger partial charge on any atom is -0.338 e. The van der Waals surface area contributed by atoms with E-state index >= 15 is 0 Å². The quantitative estimate of drug-likeness (QED) is 0.938. The largest absolute Gasteiger partial charge is 0.338 e. The number of amides is 2. The van der Waals surface area contributed by atoms with E-state index in [1.165, 1.54) is 0 Å². The normalized spacial score (nSPS) is 24.4. The number of pyridine rings is 1. The van der Waals surface area contributed by atoms with Crippen molar-refractivity contribution in [2.75, 3.05) is 18.4 Å². The third kappa shape index (κ3) is 3.02. The molecule has 1 aliphatic heterocycles. The average Bonchev–Trinajstić information content (AvgIpc) is 3.16. The highest BCUT2D eigenvalue weighted by atomic mass is 16.2. The molecule has 0 bridgehead atoms. The predicted molar refractivity (Wildman–Crippen MR) is 95.1 cm³/mol. The first-order chi connectivity index (χ1) is 12.1. The van der Waals surface area contributed by atoms with Gasteiger partial charge in [0, 0.05) is 36.2 Å². The second-order valence-electron chi connectivity index (χ2n) is 7.19. The van der Waals surface area contributed by atoms with Crippen LogP contribution in [-0.4, -0.2) is 34.8 Å². The van der Waals surface area contributed by atoms with E-state index in [9.17, 15) is 9.59 Å². The summed E-state index contributed by atoms with van der Waals surface area (Å²) in [7, 11) is 0. The number of aryl methyl sites for hydroxylation is 1. The maximum absolute atomic E-state index is 12.7. The van der Waals surface area contributed by atoms with Gasteiger partial charge >= 0.3 is 0 Å². The van der Waals surface area contributed by atoms with Crippen molar-refractivity contribution in [2.45, 2.75) is 19.8 Å². The molecule has 2 atom stereocenters. The lowest BCUT2D eigenvalue weighted by Crippen LogP contribution is -2.30. The van der Waals surface area contributed by atoms with E-state index in [1.807, 2.05) is 42.2 Å². The Labute approximate surface area is 147 Å². The second-order valence-corrected chi connectivity index (χ2v) is 7.19. The lowest BCUT2D eigenvalue weighted by atomic mass is 10.0.